The second-order valence-corrected chi connectivity index (χ2v) is 6.74. The van der Waals surface area contributed by atoms with Crippen LogP contribution in [-0.2, 0) is 19.3 Å². The van der Waals surface area contributed by atoms with Crippen molar-refractivity contribution in [2.75, 3.05) is 6.54 Å². The molecule has 0 amide bonds. The fourth-order valence-electron chi connectivity index (χ4n) is 2.36. The van der Waals surface area contributed by atoms with Crippen molar-refractivity contribution in [1.29, 1.82) is 0 Å². The molecule has 0 spiro atoms. The predicted molar refractivity (Wildman–Crippen MR) is 118 cm³/mol. The fraction of sp³-hybridized carbons (Fsp3) is 0.278. The summed E-state index contributed by atoms with van der Waals surface area (Å²) in [6.07, 6.45) is -0.804. The maximum atomic E-state index is 12.6. The number of alkyl halides is 3. The molecule has 6 nitrogen and oxygen atoms in total. The lowest BCUT2D eigenvalue weighted by Crippen LogP contribution is -2.36. The molecule has 0 unspecified atom stereocenters. The number of aromatic nitrogens is 3. The normalized spacial score (nSPS) is 11.8. The van der Waals surface area contributed by atoms with Gasteiger partial charge in [-0.3, -0.25) is 0 Å². The minimum atomic E-state index is -4.42. The first kappa shape index (κ1) is 23.1. The van der Waals surface area contributed by atoms with Crippen LogP contribution in [0, 0.1) is 0 Å². The molecule has 0 aliphatic carbocycles. The molecule has 0 aliphatic rings. The minimum absolute atomic E-state index is 0. The maximum absolute atomic E-state index is 12.6. The van der Waals surface area contributed by atoms with E-state index in [1.807, 2.05) is 43.5 Å². The van der Waals surface area contributed by atoms with E-state index in [1.165, 1.54) is 0 Å². The molecule has 11 heteroatoms. The van der Waals surface area contributed by atoms with Crippen LogP contribution in [0.3, 0.4) is 0 Å². The average molecular weight is 536 g/mol. The summed E-state index contributed by atoms with van der Waals surface area (Å²) in [5.74, 6) is 0.499. The van der Waals surface area contributed by atoms with Crippen molar-refractivity contribution in [3.63, 3.8) is 0 Å². The number of rotatable bonds is 6. The fourth-order valence-corrected chi connectivity index (χ4v) is 3.10. The molecule has 29 heavy (non-hydrogen) atoms. The summed E-state index contributed by atoms with van der Waals surface area (Å²) in [4.78, 5) is 8.06. The van der Waals surface area contributed by atoms with Gasteiger partial charge in [0.1, 0.15) is 5.01 Å². The summed E-state index contributed by atoms with van der Waals surface area (Å²) in [6.45, 7) is 3.08. The van der Waals surface area contributed by atoms with Gasteiger partial charge < -0.3 is 10.6 Å². The highest BCUT2D eigenvalue weighted by atomic mass is 127. The second-order valence-electron chi connectivity index (χ2n) is 5.80. The quantitative estimate of drug-likeness (QED) is 0.282. The zero-order valence-corrected chi connectivity index (χ0v) is 18.6. The monoisotopic (exact) mass is 536 g/mol. The molecule has 0 saturated carbocycles. The van der Waals surface area contributed by atoms with Crippen molar-refractivity contribution < 1.29 is 13.2 Å². The average Bonchev–Trinajstić information content (AvgIpc) is 3.34. The number of hydrogen-bond acceptors (Lipinski definition) is 4. The van der Waals surface area contributed by atoms with E-state index in [0.29, 0.717) is 24.1 Å². The van der Waals surface area contributed by atoms with E-state index in [0.717, 1.165) is 28.0 Å². The highest BCUT2D eigenvalue weighted by Crippen LogP contribution is 2.29. The Morgan fingerprint density at radius 1 is 1.21 bits per heavy atom. The van der Waals surface area contributed by atoms with Gasteiger partial charge in [-0.2, -0.15) is 18.3 Å². The molecular formula is C18H20F3IN6S. The SMILES string of the molecule is CCNC(=NCc1cnn(-c2ccccc2)c1)NCc1nc(C(F)(F)F)cs1.I. The summed E-state index contributed by atoms with van der Waals surface area (Å²) in [5.41, 5.74) is 0.992. The van der Waals surface area contributed by atoms with Gasteiger partial charge in [-0.25, -0.2) is 14.7 Å². The first-order valence-corrected chi connectivity index (χ1v) is 9.46. The minimum Gasteiger partial charge on any atom is -0.357 e. The van der Waals surface area contributed by atoms with Gasteiger partial charge in [-0.15, -0.1) is 35.3 Å². The number of hydrogen-bond donors (Lipinski definition) is 2. The number of nitrogens with one attached hydrogen (secondary N) is 2. The molecule has 2 heterocycles. The Labute approximate surface area is 187 Å². The Morgan fingerprint density at radius 2 is 1.97 bits per heavy atom. The van der Waals surface area contributed by atoms with E-state index in [2.05, 4.69) is 25.7 Å². The first-order chi connectivity index (χ1) is 13.5. The first-order valence-electron chi connectivity index (χ1n) is 8.58. The van der Waals surface area contributed by atoms with Gasteiger partial charge in [-0.1, -0.05) is 18.2 Å². The van der Waals surface area contributed by atoms with Crippen LogP contribution in [0.4, 0.5) is 13.2 Å². The molecule has 3 aromatic rings. The molecule has 0 saturated heterocycles. The molecule has 0 atom stereocenters. The number of para-hydroxylation sites is 1. The van der Waals surface area contributed by atoms with E-state index in [9.17, 15) is 13.2 Å². The van der Waals surface area contributed by atoms with Crippen molar-refractivity contribution in [3.05, 3.63) is 64.4 Å². The van der Waals surface area contributed by atoms with Crippen molar-refractivity contribution in [1.82, 2.24) is 25.4 Å². The van der Waals surface area contributed by atoms with Crippen molar-refractivity contribution in [3.8, 4) is 5.69 Å². The van der Waals surface area contributed by atoms with E-state index < -0.39 is 11.9 Å². The predicted octanol–water partition coefficient (Wildman–Crippen LogP) is 4.22. The van der Waals surface area contributed by atoms with Gasteiger partial charge in [0.25, 0.3) is 0 Å². The van der Waals surface area contributed by atoms with Crippen LogP contribution < -0.4 is 10.6 Å². The Kier molecular flexibility index (Phi) is 8.44. The zero-order valence-electron chi connectivity index (χ0n) is 15.5. The third-order valence-electron chi connectivity index (χ3n) is 3.67. The molecule has 3 rings (SSSR count). The summed E-state index contributed by atoms with van der Waals surface area (Å²) >= 11 is 0.962. The van der Waals surface area contributed by atoms with Crippen molar-refractivity contribution in [2.24, 2.45) is 4.99 Å². The summed E-state index contributed by atoms with van der Waals surface area (Å²) in [7, 11) is 0. The lowest BCUT2D eigenvalue weighted by atomic mass is 10.3. The zero-order chi connectivity index (χ0) is 20.0. The number of benzene rings is 1. The topological polar surface area (TPSA) is 67.1 Å². The highest BCUT2D eigenvalue weighted by Gasteiger charge is 2.33. The van der Waals surface area contributed by atoms with Crippen LogP contribution in [-0.4, -0.2) is 27.3 Å². The van der Waals surface area contributed by atoms with E-state index in [4.69, 9.17) is 0 Å². The summed E-state index contributed by atoms with van der Waals surface area (Å²) in [5, 5.41) is 11.7. The van der Waals surface area contributed by atoms with Crippen LogP contribution in [0.5, 0.6) is 0 Å². The van der Waals surface area contributed by atoms with Gasteiger partial charge in [0.05, 0.1) is 25.0 Å². The molecule has 0 aliphatic heterocycles. The van der Waals surface area contributed by atoms with Crippen LogP contribution >= 0.6 is 35.3 Å². The third-order valence-corrected chi connectivity index (χ3v) is 4.52. The third kappa shape index (κ3) is 6.70. The second kappa shape index (κ2) is 10.6. The van der Waals surface area contributed by atoms with Gasteiger partial charge in [-0.05, 0) is 19.1 Å². The number of aliphatic imine (C=N–C) groups is 1. The molecular weight excluding hydrogens is 516 g/mol. The molecule has 1 aromatic carbocycles. The lowest BCUT2D eigenvalue weighted by Gasteiger charge is -2.09. The Hall–Kier alpha value is -2.15. The van der Waals surface area contributed by atoms with E-state index >= 15 is 0 Å². The molecule has 2 aromatic heterocycles. The standard InChI is InChI=1S/C18H19F3N6S.HI/c1-2-22-17(24-10-16-26-15(12-28-16)18(19,20)21)23-8-13-9-25-27(11-13)14-6-4-3-5-7-14;/h3-7,9,11-12H,2,8,10H2,1H3,(H2,22,23,24);1H. The number of halogens is 4. The van der Waals surface area contributed by atoms with E-state index in [-0.39, 0.29) is 30.5 Å². The van der Waals surface area contributed by atoms with Crippen LogP contribution in [0.1, 0.15) is 23.2 Å². The molecule has 2 N–H and O–H groups in total. The summed E-state index contributed by atoms with van der Waals surface area (Å²) in [6, 6.07) is 9.71. The van der Waals surface area contributed by atoms with Gasteiger partial charge in [0.15, 0.2) is 11.7 Å². The summed E-state index contributed by atoms with van der Waals surface area (Å²) < 4.78 is 39.7. The number of nitrogens with zero attached hydrogens (tertiary/aromatic N) is 4. The molecule has 156 valence electrons. The van der Waals surface area contributed by atoms with Crippen LogP contribution in [0.2, 0.25) is 0 Å². The Balaban J connectivity index is 0.00000300. The smallest absolute Gasteiger partial charge is 0.357 e. The molecule has 0 fully saturated rings. The highest BCUT2D eigenvalue weighted by molar-refractivity contribution is 14.0. The van der Waals surface area contributed by atoms with Crippen molar-refractivity contribution in [2.45, 2.75) is 26.2 Å². The number of thiazole rings is 1. The van der Waals surface area contributed by atoms with Crippen molar-refractivity contribution >= 4 is 41.3 Å². The largest absolute Gasteiger partial charge is 0.434 e. The Bertz CT molecular complexity index is 923. The van der Waals surface area contributed by atoms with Crippen LogP contribution in [0.15, 0.2) is 53.1 Å². The van der Waals surface area contributed by atoms with Gasteiger partial charge in [0, 0.05) is 23.7 Å². The molecule has 0 radical (unpaired) electrons. The van der Waals surface area contributed by atoms with Crippen LogP contribution in [0.25, 0.3) is 5.69 Å². The Morgan fingerprint density at radius 3 is 2.62 bits per heavy atom. The molecule has 0 bridgehead atoms. The van der Waals surface area contributed by atoms with Gasteiger partial charge >= 0.3 is 6.18 Å². The maximum Gasteiger partial charge on any atom is 0.434 e. The van der Waals surface area contributed by atoms with Gasteiger partial charge in [0.2, 0.25) is 0 Å². The number of guanidine groups is 1. The lowest BCUT2D eigenvalue weighted by molar-refractivity contribution is -0.140. The van der Waals surface area contributed by atoms with E-state index in [1.54, 1.807) is 10.9 Å².